The molecule has 2 aromatic rings. The summed E-state index contributed by atoms with van der Waals surface area (Å²) in [5, 5.41) is 0.754. The molecule has 152 valence electrons. The maximum atomic E-state index is 12.1. The molecule has 12 heteroatoms. The molecule has 1 fully saturated rings. The molecule has 0 radical (unpaired) electrons. The molecule has 0 spiro atoms. The molecule has 1 saturated heterocycles. The third-order valence-corrected chi connectivity index (χ3v) is 5.75. The Morgan fingerprint density at radius 1 is 1.07 bits per heavy atom. The van der Waals surface area contributed by atoms with Crippen LogP contribution in [0.1, 0.15) is 6.42 Å². The molecule has 28 heavy (non-hydrogen) atoms. The van der Waals surface area contributed by atoms with Crippen LogP contribution in [0.25, 0.3) is 10.9 Å². The summed E-state index contributed by atoms with van der Waals surface area (Å²) in [6.45, 7) is 1.23. The first-order chi connectivity index (χ1) is 13.4. The van der Waals surface area contributed by atoms with Gasteiger partial charge in [-0.2, -0.15) is 12.7 Å². The van der Waals surface area contributed by atoms with E-state index in [0.717, 1.165) is 9.69 Å². The van der Waals surface area contributed by atoms with E-state index in [1.54, 1.807) is 26.4 Å². The number of nitrogens with zero attached hydrogens (tertiary/aromatic N) is 4. The minimum atomic E-state index is -4.21. The lowest BCUT2D eigenvalue weighted by atomic mass is 10.2. The van der Waals surface area contributed by atoms with Gasteiger partial charge in [-0.05, 0) is 12.5 Å². The van der Waals surface area contributed by atoms with Gasteiger partial charge in [0.15, 0.2) is 11.5 Å². The van der Waals surface area contributed by atoms with Gasteiger partial charge in [-0.25, -0.2) is 14.8 Å². The summed E-state index contributed by atoms with van der Waals surface area (Å²) < 4.78 is 40.2. The Morgan fingerprint density at radius 3 is 2.46 bits per heavy atom. The molecule has 0 aliphatic carbocycles. The molecule has 0 saturated carbocycles. The summed E-state index contributed by atoms with van der Waals surface area (Å²) >= 11 is 0. The summed E-state index contributed by atoms with van der Waals surface area (Å²) in [4.78, 5) is 21.5. The Morgan fingerprint density at radius 2 is 1.79 bits per heavy atom. The van der Waals surface area contributed by atoms with E-state index in [0.29, 0.717) is 42.3 Å². The van der Waals surface area contributed by atoms with Gasteiger partial charge in [0.2, 0.25) is 0 Å². The van der Waals surface area contributed by atoms with Gasteiger partial charge >= 0.3 is 16.4 Å². The highest BCUT2D eigenvalue weighted by atomic mass is 32.2. The SMILES string of the molecule is COc1cc2ncnc(N3CCCN(S(=O)(=O)OC(N)=O)CC3)c2cc1OC. The molecule has 2 N–H and O–H groups in total. The van der Waals surface area contributed by atoms with Crippen LogP contribution < -0.4 is 20.1 Å². The summed E-state index contributed by atoms with van der Waals surface area (Å²) in [5.41, 5.74) is 5.51. The molecule has 1 aromatic heterocycles. The van der Waals surface area contributed by atoms with Gasteiger partial charge in [-0.1, -0.05) is 0 Å². The number of fused-ring (bicyclic) bond motifs is 1. The Balaban J connectivity index is 1.90. The predicted molar refractivity (Wildman–Crippen MR) is 101 cm³/mol. The number of benzene rings is 1. The molecule has 1 aliphatic rings. The number of ether oxygens (including phenoxy) is 2. The van der Waals surface area contributed by atoms with Crippen molar-refractivity contribution < 1.29 is 26.9 Å². The second-order valence-electron chi connectivity index (χ2n) is 6.02. The number of aromatic nitrogens is 2. The van der Waals surface area contributed by atoms with Crippen molar-refractivity contribution in [2.75, 3.05) is 45.3 Å². The van der Waals surface area contributed by atoms with E-state index in [4.69, 9.17) is 15.2 Å². The van der Waals surface area contributed by atoms with Crippen LogP contribution in [0.15, 0.2) is 18.5 Å². The lowest BCUT2D eigenvalue weighted by molar-refractivity contribution is 0.206. The second kappa shape index (κ2) is 8.02. The van der Waals surface area contributed by atoms with Crippen LogP contribution >= 0.6 is 0 Å². The number of amides is 1. The summed E-state index contributed by atoms with van der Waals surface area (Å²) in [6, 6.07) is 3.55. The zero-order valence-corrected chi connectivity index (χ0v) is 16.3. The van der Waals surface area contributed by atoms with E-state index in [1.807, 2.05) is 4.90 Å². The van der Waals surface area contributed by atoms with Gasteiger partial charge in [-0.15, -0.1) is 0 Å². The van der Waals surface area contributed by atoms with Crippen LogP contribution in [0.4, 0.5) is 10.6 Å². The van der Waals surface area contributed by atoms with Crippen molar-refractivity contribution in [3.05, 3.63) is 18.5 Å². The molecule has 2 heterocycles. The highest BCUT2D eigenvalue weighted by Crippen LogP contribution is 2.35. The number of carbonyl (C=O) groups is 1. The largest absolute Gasteiger partial charge is 0.493 e. The first-order valence-electron chi connectivity index (χ1n) is 8.46. The van der Waals surface area contributed by atoms with Gasteiger partial charge in [0.25, 0.3) is 0 Å². The standard InChI is InChI=1S/C16H21N5O6S/c1-25-13-8-11-12(9-14(13)26-2)18-10-19-15(11)20-4-3-5-21(7-6-20)28(23,24)27-16(17)22/h8-10H,3-7H2,1-2H3,(H2,17,22). The number of anilines is 1. The molecule has 3 rings (SSSR count). The molecule has 0 unspecified atom stereocenters. The highest BCUT2D eigenvalue weighted by molar-refractivity contribution is 7.84. The highest BCUT2D eigenvalue weighted by Gasteiger charge is 2.29. The molecular formula is C16H21N5O6S. The number of methoxy groups -OCH3 is 2. The van der Waals surface area contributed by atoms with Crippen LogP contribution in [0.2, 0.25) is 0 Å². The first-order valence-corrected chi connectivity index (χ1v) is 9.83. The van der Waals surface area contributed by atoms with Gasteiger partial charge in [-0.3, -0.25) is 0 Å². The fourth-order valence-corrected chi connectivity index (χ4v) is 4.08. The van der Waals surface area contributed by atoms with Crippen LogP contribution in [0.5, 0.6) is 11.5 Å². The van der Waals surface area contributed by atoms with E-state index >= 15 is 0 Å². The molecule has 1 aromatic carbocycles. The normalized spacial score (nSPS) is 15.9. The Kier molecular flexibility index (Phi) is 5.70. The summed E-state index contributed by atoms with van der Waals surface area (Å²) in [6.07, 6.45) is 0.600. The van der Waals surface area contributed by atoms with Crippen molar-refractivity contribution in [1.29, 1.82) is 0 Å². The third-order valence-electron chi connectivity index (χ3n) is 4.38. The van der Waals surface area contributed by atoms with Gasteiger partial charge in [0.1, 0.15) is 12.1 Å². The topological polar surface area (TPSA) is 137 Å². The predicted octanol–water partition coefficient (Wildman–Crippen LogP) is 0.499. The molecule has 0 atom stereocenters. The van der Waals surface area contributed by atoms with E-state index < -0.39 is 16.4 Å². The fourth-order valence-electron chi connectivity index (χ4n) is 3.11. The molecule has 0 bridgehead atoms. The average Bonchev–Trinajstić information content (AvgIpc) is 2.92. The third kappa shape index (κ3) is 4.02. The minimum absolute atomic E-state index is 0.119. The van der Waals surface area contributed by atoms with Crippen molar-refractivity contribution in [2.24, 2.45) is 5.73 Å². The second-order valence-corrected chi connectivity index (χ2v) is 7.56. The monoisotopic (exact) mass is 411 g/mol. The zero-order chi connectivity index (χ0) is 20.3. The maximum absolute atomic E-state index is 12.1. The van der Waals surface area contributed by atoms with Gasteiger partial charge < -0.3 is 24.3 Å². The smallest absolute Gasteiger partial charge is 0.421 e. The van der Waals surface area contributed by atoms with Crippen LogP contribution in [-0.4, -0.2) is 69.2 Å². The van der Waals surface area contributed by atoms with Crippen LogP contribution in [0.3, 0.4) is 0 Å². The minimum Gasteiger partial charge on any atom is -0.493 e. The van der Waals surface area contributed by atoms with E-state index in [-0.39, 0.29) is 13.1 Å². The number of rotatable bonds is 5. The van der Waals surface area contributed by atoms with Crippen molar-refractivity contribution >= 4 is 33.1 Å². The van der Waals surface area contributed by atoms with E-state index in [2.05, 4.69) is 14.2 Å². The van der Waals surface area contributed by atoms with Crippen LogP contribution in [0, 0.1) is 0 Å². The number of hydrogen-bond donors (Lipinski definition) is 1. The Labute approximate surface area is 162 Å². The van der Waals surface area contributed by atoms with Gasteiger partial charge in [0.05, 0.1) is 19.7 Å². The van der Waals surface area contributed by atoms with Crippen molar-refractivity contribution in [1.82, 2.24) is 14.3 Å². The summed E-state index contributed by atoms with van der Waals surface area (Å²) in [7, 11) is -1.12. The van der Waals surface area contributed by atoms with Crippen molar-refractivity contribution in [2.45, 2.75) is 6.42 Å². The molecular weight excluding hydrogens is 390 g/mol. The lowest BCUT2D eigenvalue weighted by Gasteiger charge is -2.23. The fraction of sp³-hybridized carbons (Fsp3) is 0.438. The van der Waals surface area contributed by atoms with Crippen molar-refractivity contribution in [3.8, 4) is 11.5 Å². The Hall–Kier alpha value is -2.86. The van der Waals surface area contributed by atoms with E-state index in [1.165, 1.54) is 6.33 Å². The number of nitrogens with two attached hydrogens (primary N) is 1. The number of carbonyl (C=O) groups excluding carboxylic acids is 1. The quantitative estimate of drug-likeness (QED) is 0.745. The number of primary amides is 1. The average molecular weight is 411 g/mol. The summed E-state index contributed by atoms with van der Waals surface area (Å²) in [5.74, 6) is 1.75. The van der Waals surface area contributed by atoms with Crippen molar-refractivity contribution in [3.63, 3.8) is 0 Å². The number of hydrogen-bond acceptors (Lipinski definition) is 9. The maximum Gasteiger partial charge on any atom is 0.421 e. The van der Waals surface area contributed by atoms with Gasteiger partial charge in [0, 0.05) is 37.6 Å². The zero-order valence-electron chi connectivity index (χ0n) is 15.5. The molecule has 11 nitrogen and oxygen atoms in total. The molecule has 1 aliphatic heterocycles. The molecule has 1 amide bonds. The Bertz CT molecular complexity index is 983. The lowest BCUT2D eigenvalue weighted by Crippen LogP contribution is -2.38. The van der Waals surface area contributed by atoms with Crippen LogP contribution in [-0.2, 0) is 14.5 Å². The first kappa shape index (κ1) is 19.9. The van der Waals surface area contributed by atoms with E-state index in [9.17, 15) is 13.2 Å².